The van der Waals surface area contributed by atoms with Crippen LogP contribution >= 0.6 is 12.2 Å². The Morgan fingerprint density at radius 3 is 2.42 bits per heavy atom. The maximum atomic E-state index is 12.5. The normalized spacial score (nSPS) is 18.8. The van der Waals surface area contributed by atoms with E-state index >= 15 is 0 Å². The first-order valence-corrected chi connectivity index (χ1v) is 7.09. The van der Waals surface area contributed by atoms with Gasteiger partial charge in [0.2, 0.25) is 5.91 Å². The quantitative estimate of drug-likeness (QED) is 0.831. The fraction of sp³-hybridized carbons (Fsp3) is 0.467. The number of carbonyl (C=O) groups is 1. The molecule has 0 aromatic heterocycles. The van der Waals surface area contributed by atoms with E-state index in [1.165, 1.54) is 12.8 Å². The van der Waals surface area contributed by atoms with Gasteiger partial charge in [-0.25, -0.2) is 0 Å². The summed E-state index contributed by atoms with van der Waals surface area (Å²) in [7, 11) is 0. The highest BCUT2D eigenvalue weighted by molar-refractivity contribution is 7.80. The summed E-state index contributed by atoms with van der Waals surface area (Å²) in [5.74, 6) is -0.614. The van der Waals surface area contributed by atoms with Crippen LogP contribution in [0.4, 0.5) is 0 Å². The van der Waals surface area contributed by atoms with Crippen molar-refractivity contribution in [2.75, 3.05) is 0 Å². The van der Waals surface area contributed by atoms with Crippen LogP contribution in [0.2, 0.25) is 0 Å². The summed E-state index contributed by atoms with van der Waals surface area (Å²) < 4.78 is 0. The van der Waals surface area contributed by atoms with Gasteiger partial charge in [-0.15, -0.1) is 0 Å². The first-order valence-electron chi connectivity index (χ1n) is 6.68. The van der Waals surface area contributed by atoms with E-state index in [9.17, 15) is 4.79 Å². The van der Waals surface area contributed by atoms with Gasteiger partial charge in [0.05, 0.1) is 4.99 Å². The van der Waals surface area contributed by atoms with Crippen LogP contribution < -0.4 is 11.1 Å². The largest absolute Gasteiger partial charge is 0.392 e. The molecule has 1 aliphatic carbocycles. The number of amides is 1. The summed E-state index contributed by atoms with van der Waals surface area (Å²) in [4.78, 5) is 12.7. The third kappa shape index (κ3) is 3.32. The number of nitrogens with one attached hydrogen (secondary N) is 1. The summed E-state index contributed by atoms with van der Waals surface area (Å²) in [5.41, 5.74) is 6.51. The highest BCUT2D eigenvalue weighted by Crippen LogP contribution is 2.30. The molecule has 0 aliphatic heterocycles. The minimum atomic E-state index is -0.534. The molecule has 2 rings (SSSR count). The molecule has 1 aromatic rings. The Morgan fingerprint density at radius 1 is 1.32 bits per heavy atom. The fourth-order valence-electron chi connectivity index (χ4n) is 2.74. The van der Waals surface area contributed by atoms with Crippen molar-refractivity contribution in [2.24, 2.45) is 5.73 Å². The topological polar surface area (TPSA) is 55.1 Å². The minimum Gasteiger partial charge on any atom is -0.392 e. The molecule has 0 spiro atoms. The van der Waals surface area contributed by atoms with Crippen molar-refractivity contribution in [3.05, 3.63) is 35.9 Å². The van der Waals surface area contributed by atoms with Crippen LogP contribution in [0.5, 0.6) is 0 Å². The van der Waals surface area contributed by atoms with Crippen molar-refractivity contribution in [3.63, 3.8) is 0 Å². The van der Waals surface area contributed by atoms with Gasteiger partial charge in [-0.05, 0) is 25.3 Å². The fourth-order valence-corrected chi connectivity index (χ4v) is 2.98. The summed E-state index contributed by atoms with van der Waals surface area (Å²) in [6, 6.07) is 9.48. The maximum Gasteiger partial charge on any atom is 0.234 e. The number of hydrogen-bond donors (Lipinski definition) is 2. The van der Waals surface area contributed by atoms with Gasteiger partial charge in [-0.2, -0.15) is 0 Å². The SMILES string of the molecule is CC1(NC(=O)C(C(N)=S)c2ccccc2)CCCC1. The molecule has 3 N–H and O–H groups in total. The van der Waals surface area contributed by atoms with Crippen molar-refractivity contribution in [2.45, 2.75) is 44.1 Å². The molecule has 1 atom stereocenters. The molecule has 1 fully saturated rings. The monoisotopic (exact) mass is 276 g/mol. The molecule has 4 heteroatoms. The van der Waals surface area contributed by atoms with Gasteiger partial charge >= 0.3 is 0 Å². The summed E-state index contributed by atoms with van der Waals surface area (Å²) >= 11 is 5.07. The van der Waals surface area contributed by atoms with Gasteiger partial charge in [0.1, 0.15) is 5.92 Å². The predicted molar refractivity (Wildman–Crippen MR) is 81.0 cm³/mol. The minimum absolute atomic E-state index is 0.0805. The standard InChI is InChI=1S/C15H20N2OS/c1-15(9-5-6-10-15)17-14(18)12(13(16)19)11-7-3-2-4-8-11/h2-4,7-8,12H,5-6,9-10H2,1H3,(H2,16,19)(H,17,18). The molecule has 1 unspecified atom stereocenters. The molecule has 0 heterocycles. The molecule has 0 bridgehead atoms. The van der Waals surface area contributed by atoms with Crippen molar-refractivity contribution in [1.29, 1.82) is 0 Å². The summed E-state index contributed by atoms with van der Waals surface area (Å²) in [6.07, 6.45) is 4.38. The number of benzene rings is 1. The van der Waals surface area contributed by atoms with Crippen LogP contribution in [0, 0.1) is 0 Å². The van der Waals surface area contributed by atoms with Crippen LogP contribution in [-0.4, -0.2) is 16.4 Å². The van der Waals surface area contributed by atoms with Crippen molar-refractivity contribution >= 4 is 23.1 Å². The molecule has 102 valence electrons. The number of nitrogens with two attached hydrogens (primary N) is 1. The second-order valence-electron chi connectivity index (χ2n) is 5.50. The lowest BCUT2D eigenvalue weighted by atomic mass is 9.94. The van der Waals surface area contributed by atoms with Crippen LogP contribution in [0.15, 0.2) is 30.3 Å². The predicted octanol–water partition coefficient (Wildman–Crippen LogP) is 2.51. The maximum absolute atomic E-state index is 12.5. The van der Waals surface area contributed by atoms with Crippen molar-refractivity contribution < 1.29 is 4.79 Å². The van der Waals surface area contributed by atoms with Gasteiger partial charge in [-0.1, -0.05) is 55.4 Å². The third-order valence-electron chi connectivity index (χ3n) is 3.81. The second-order valence-corrected chi connectivity index (χ2v) is 5.97. The Kier molecular flexibility index (Phi) is 4.20. The molecule has 19 heavy (non-hydrogen) atoms. The van der Waals surface area contributed by atoms with Gasteiger partial charge in [0, 0.05) is 5.54 Å². The highest BCUT2D eigenvalue weighted by Gasteiger charge is 2.33. The molecule has 0 radical (unpaired) electrons. The number of thiocarbonyl (C=S) groups is 1. The molecule has 0 saturated heterocycles. The molecule has 1 aliphatic rings. The molecular formula is C15H20N2OS. The summed E-state index contributed by atoms with van der Waals surface area (Å²) in [5, 5.41) is 3.13. The Labute approximate surface area is 119 Å². The van der Waals surface area contributed by atoms with E-state index in [0.29, 0.717) is 0 Å². The molecule has 1 amide bonds. The van der Waals surface area contributed by atoms with E-state index in [2.05, 4.69) is 12.2 Å². The highest BCUT2D eigenvalue weighted by atomic mass is 32.1. The molecule has 3 nitrogen and oxygen atoms in total. The van der Waals surface area contributed by atoms with E-state index < -0.39 is 5.92 Å². The Morgan fingerprint density at radius 2 is 1.89 bits per heavy atom. The lowest BCUT2D eigenvalue weighted by Crippen LogP contribution is -2.47. The number of hydrogen-bond acceptors (Lipinski definition) is 2. The van der Waals surface area contributed by atoms with Gasteiger partial charge < -0.3 is 11.1 Å². The van der Waals surface area contributed by atoms with E-state index in [1.54, 1.807) is 0 Å². The van der Waals surface area contributed by atoms with Gasteiger partial charge in [0.25, 0.3) is 0 Å². The van der Waals surface area contributed by atoms with Gasteiger partial charge in [0.15, 0.2) is 0 Å². The molecule has 1 aromatic carbocycles. The van der Waals surface area contributed by atoms with Crippen LogP contribution in [-0.2, 0) is 4.79 Å². The Balaban J connectivity index is 2.16. The number of rotatable bonds is 4. The molecule has 1 saturated carbocycles. The van der Waals surface area contributed by atoms with Crippen LogP contribution in [0.3, 0.4) is 0 Å². The van der Waals surface area contributed by atoms with Crippen LogP contribution in [0.25, 0.3) is 0 Å². The van der Waals surface area contributed by atoms with E-state index in [1.807, 2.05) is 30.3 Å². The third-order valence-corrected chi connectivity index (χ3v) is 4.05. The van der Waals surface area contributed by atoms with Gasteiger partial charge in [-0.3, -0.25) is 4.79 Å². The zero-order chi connectivity index (χ0) is 13.9. The second kappa shape index (κ2) is 5.70. The van der Waals surface area contributed by atoms with E-state index in [-0.39, 0.29) is 16.4 Å². The Hall–Kier alpha value is -1.42. The zero-order valence-corrected chi connectivity index (χ0v) is 12.0. The van der Waals surface area contributed by atoms with Crippen molar-refractivity contribution in [1.82, 2.24) is 5.32 Å². The average molecular weight is 276 g/mol. The zero-order valence-electron chi connectivity index (χ0n) is 11.2. The lowest BCUT2D eigenvalue weighted by Gasteiger charge is -2.28. The lowest BCUT2D eigenvalue weighted by molar-refractivity contribution is -0.122. The number of carbonyl (C=O) groups excluding carboxylic acids is 1. The molecular weight excluding hydrogens is 256 g/mol. The summed E-state index contributed by atoms with van der Waals surface area (Å²) in [6.45, 7) is 2.10. The smallest absolute Gasteiger partial charge is 0.234 e. The van der Waals surface area contributed by atoms with E-state index in [0.717, 1.165) is 18.4 Å². The average Bonchev–Trinajstić information content (AvgIpc) is 2.76. The first kappa shape index (κ1) is 14.0. The Bertz CT molecular complexity index is 466. The van der Waals surface area contributed by atoms with Crippen LogP contribution in [0.1, 0.15) is 44.1 Å². The van der Waals surface area contributed by atoms with Crippen molar-refractivity contribution in [3.8, 4) is 0 Å². The van der Waals surface area contributed by atoms with E-state index in [4.69, 9.17) is 18.0 Å². The first-order chi connectivity index (χ1) is 9.02.